The number of amides is 1. The molecular weight excluding hydrogens is 484 g/mol. The number of nitrogens with two attached hydrogens (primary N) is 1. The average molecular weight is 511 g/mol. The number of anilines is 1. The van der Waals surface area contributed by atoms with Crippen LogP contribution in [0.1, 0.15) is 41.8 Å². The third-order valence-corrected chi connectivity index (χ3v) is 6.51. The molecule has 0 bridgehead atoms. The number of rotatable bonds is 7. The first-order valence-electron chi connectivity index (χ1n) is 10.7. The highest BCUT2D eigenvalue weighted by molar-refractivity contribution is 7.89. The fourth-order valence-electron chi connectivity index (χ4n) is 4.03. The highest BCUT2D eigenvalue weighted by atomic mass is 35.5. The number of nitrogens with zero attached hydrogens (tertiary/aromatic N) is 4. The van der Waals surface area contributed by atoms with E-state index in [1.165, 1.54) is 48.5 Å². The molecule has 11 nitrogen and oxygen atoms in total. The van der Waals surface area contributed by atoms with Gasteiger partial charge in [-0.05, 0) is 58.0 Å². The molecule has 1 aliphatic rings. The Bertz CT molecular complexity index is 1330. The summed E-state index contributed by atoms with van der Waals surface area (Å²) in [6, 6.07) is 2.54. The molecule has 1 fully saturated rings. The number of pyridine rings is 1. The van der Waals surface area contributed by atoms with Crippen molar-refractivity contribution in [2.45, 2.75) is 44.2 Å². The molecule has 1 saturated heterocycles. The van der Waals surface area contributed by atoms with E-state index in [-0.39, 0.29) is 51.1 Å². The molecule has 3 N–H and O–H groups in total. The molecule has 0 radical (unpaired) electrons. The van der Waals surface area contributed by atoms with E-state index in [1.807, 2.05) is 0 Å². The Morgan fingerprint density at radius 2 is 1.91 bits per heavy atom. The second-order valence-corrected chi connectivity index (χ2v) is 9.60. The zero-order valence-corrected chi connectivity index (χ0v) is 20.3. The van der Waals surface area contributed by atoms with Gasteiger partial charge in [-0.3, -0.25) is 14.2 Å². The van der Waals surface area contributed by atoms with Crippen molar-refractivity contribution in [3.05, 3.63) is 46.3 Å². The molecule has 0 saturated carbocycles. The van der Waals surface area contributed by atoms with Crippen molar-refractivity contribution < 1.29 is 17.6 Å². The number of fused-ring (bicyclic) bond motifs is 1. The van der Waals surface area contributed by atoms with E-state index in [2.05, 4.69) is 20.2 Å². The highest BCUT2D eigenvalue weighted by Crippen LogP contribution is 2.22. The van der Waals surface area contributed by atoms with Crippen LogP contribution in [0.25, 0.3) is 11.1 Å². The topological polar surface area (TPSA) is 153 Å². The zero-order chi connectivity index (χ0) is 23.6. The monoisotopic (exact) mass is 510 g/mol. The molecule has 1 amide bonds. The maximum absolute atomic E-state index is 13.1. The first kappa shape index (κ1) is 25.8. The number of carbonyl (C=O) groups excluding carboxylic acids is 1. The summed E-state index contributed by atoms with van der Waals surface area (Å²) in [7, 11) is -3.95. The minimum absolute atomic E-state index is 0. The van der Waals surface area contributed by atoms with Crippen LogP contribution in [-0.4, -0.2) is 53.4 Å². The number of primary sulfonamides is 1. The Morgan fingerprint density at radius 3 is 2.56 bits per heavy atom. The summed E-state index contributed by atoms with van der Waals surface area (Å²) in [5, 5.41) is 7.44. The highest BCUT2D eigenvalue weighted by Gasteiger charge is 2.23. The van der Waals surface area contributed by atoms with Gasteiger partial charge in [0, 0.05) is 6.54 Å². The molecule has 0 aliphatic carbocycles. The van der Waals surface area contributed by atoms with Crippen molar-refractivity contribution in [2.24, 2.45) is 5.14 Å². The second kappa shape index (κ2) is 10.6. The van der Waals surface area contributed by atoms with Crippen LogP contribution < -0.4 is 16.0 Å². The van der Waals surface area contributed by atoms with Gasteiger partial charge in [-0.15, -0.1) is 12.4 Å². The predicted octanol–water partition coefficient (Wildman–Crippen LogP) is 1.89. The number of sulfonamides is 1. The number of carbonyl (C=O) groups is 1. The second-order valence-electron chi connectivity index (χ2n) is 8.10. The molecule has 4 heterocycles. The first-order valence-corrected chi connectivity index (χ1v) is 12.3. The van der Waals surface area contributed by atoms with Gasteiger partial charge >= 0.3 is 0 Å². The van der Waals surface area contributed by atoms with Crippen LogP contribution in [0.2, 0.25) is 0 Å². The molecular formula is C21H27ClN6O5S. The van der Waals surface area contributed by atoms with E-state index in [9.17, 15) is 18.0 Å². The lowest BCUT2D eigenvalue weighted by atomic mass is 10.1. The summed E-state index contributed by atoms with van der Waals surface area (Å²) >= 11 is 0. The van der Waals surface area contributed by atoms with Crippen molar-refractivity contribution in [3.63, 3.8) is 0 Å². The summed E-state index contributed by atoms with van der Waals surface area (Å²) < 4.78 is 29.7. The number of hydrogen-bond acceptors (Lipinski definition) is 8. The lowest BCUT2D eigenvalue weighted by Crippen LogP contribution is -2.32. The van der Waals surface area contributed by atoms with Crippen molar-refractivity contribution in [1.82, 2.24) is 19.4 Å². The molecule has 1 aliphatic heterocycles. The Balaban J connectivity index is 0.00000324. The normalized spacial score (nSPS) is 14.6. The maximum atomic E-state index is 13.1. The molecule has 3 aromatic rings. The number of aromatic nitrogens is 3. The smallest absolute Gasteiger partial charge is 0.265 e. The van der Waals surface area contributed by atoms with Gasteiger partial charge in [0.25, 0.3) is 21.5 Å². The molecule has 13 heteroatoms. The SMILES string of the molecule is Cc1oc2ncn(CCCN3CCCCC3)c(=O)c2c1C(=O)Nc1ccc(S(N)(=O)=O)nc1.Cl. The van der Waals surface area contributed by atoms with E-state index < -0.39 is 15.9 Å². The minimum atomic E-state index is -3.95. The van der Waals surface area contributed by atoms with Gasteiger partial charge < -0.3 is 14.6 Å². The maximum Gasteiger partial charge on any atom is 0.265 e. The minimum Gasteiger partial charge on any atom is -0.442 e. The van der Waals surface area contributed by atoms with Crippen LogP contribution in [0.3, 0.4) is 0 Å². The van der Waals surface area contributed by atoms with Crippen LogP contribution in [0.5, 0.6) is 0 Å². The van der Waals surface area contributed by atoms with Crippen LogP contribution in [0, 0.1) is 6.92 Å². The fraction of sp³-hybridized carbons (Fsp3) is 0.429. The van der Waals surface area contributed by atoms with Crippen LogP contribution >= 0.6 is 12.4 Å². The fourth-order valence-corrected chi connectivity index (χ4v) is 4.49. The number of furan rings is 1. The lowest BCUT2D eigenvalue weighted by Gasteiger charge is -2.26. The Kier molecular flexibility index (Phi) is 8.08. The van der Waals surface area contributed by atoms with Crippen LogP contribution in [0.4, 0.5) is 5.69 Å². The van der Waals surface area contributed by atoms with Crippen molar-refractivity contribution in [1.29, 1.82) is 0 Å². The summed E-state index contributed by atoms with van der Waals surface area (Å²) in [4.78, 5) is 36.5. The lowest BCUT2D eigenvalue weighted by molar-refractivity contribution is 0.102. The Morgan fingerprint density at radius 1 is 1.18 bits per heavy atom. The molecule has 34 heavy (non-hydrogen) atoms. The molecule has 4 rings (SSSR count). The number of likely N-dealkylation sites (tertiary alicyclic amines) is 1. The first-order chi connectivity index (χ1) is 15.7. The standard InChI is InChI=1S/C21H26N6O5S.ClH/c1-14-17(19(28)25-15-6-7-16(23-12-15)33(22,30)31)18-20(32-14)24-13-27(21(18)29)11-5-10-26-8-3-2-4-9-26;/h6-7,12-13H,2-5,8-11H2,1H3,(H,25,28)(H2,22,30,31);1H. The molecule has 0 atom stereocenters. The van der Waals surface area contributed by atoms with Crippen LogP contribution in [-0.2, 0) is 16.6 Å². The van der Waals surface area contributed by atoms with Gasteiger partial charge in [-0.1, -0.05) is 6.42 Å². The molecule has 184 valence electrons. The van der Waals surface area contributed by atoms with E-state index in [1.54, 1.807) is 6.92 Å². The summed E-state index contributed by atoms with van der Waals surface area (Å²) in [6.45, 7) is 5.15. The van der Waals surface area contributed by atoms with Gasteiger partial charge in [-0.25, -0.2) is 23.5 Å². The summed E-state index contributed by atoms with van der Waals surface area (Å²) in [6.07, 6.45) is 7.11. The number of aryl methyl sites for hydroxylation is 2. The van der Waals surface area contributed by atoms with Crippen molar-refractivity contribution >= 4 is 45.1 Å². The van der Waals surface area contributed by atoms with Gasteiger partial charge in [0.05, 0.1) is 17.4 Å². The van der Waals surface area contributed by atoms with Gasteiger partial charge in [0.1, 0.15) is 17.5 Å². The molecule has 0 spiro atoms. The molecule has 3 aromatic heterocycles. The zero-order valence-electron chi connectivity index (χ0n) is 18.7. The van der Waals surface area contributed by atoms with E-state index in [0.29, 0.717) is 6.54 Å². The van der Waals surface area contributed by atoms with Gasteiger partial charge in [-0.2, -0.15) is 0 Å². The van der Waals surface area contributed by atoms with Gasteiger partial charge in [0.15, 0.2) is 5.03 Å². The summed E-state index contributed by atoms with van der Waals surface area (Å²) in [5.74, 6) is -0.325. The van der Waals surface area contributed by atoms with E-state index in [0.717, 1.165) is 26.1 Å². The largest absolute Gasteiger partial charge is 0.442 e. The number of nitrogens with one attached hydrogen (secondary N) is 1. The van der Waals surface area contributed by atoms with E-state index in [4.69, 9.17) is 9.56 Å². The Hall–Kier alpha value is -2.80. The molecule has 0 aromatic carbocycles. The Labute approximate surface area is 202 Å². The van der Waals surface area contributed by atoms with Crippen molar-refractivity contribution in [2.75, 3.05) is 25.0 Å². The molecule has 0 unspecified atom stereocenters. The number of halogens is 1. The van der Waals surface area contributed by atoms with E-state index >= 15 is 0 Å². The third-order valence-electron chi connectivity index (χ3n) is 5.69. The van der Waals surface area contributed by atoms with Crippen LogP contribution in [0.15, 0.2) is 38.9 Å². The third kappa shape index (κ3) is 5.63. The average Bonchev–Trinajstić information content (AvgIpc) is 3.12. The van der Waals surface area contributed by atoms with Gasteiger partial charge in [0.2, 0.25) is 5.71 Å². The van der Waals surface area contributed by atoms with Crippen molar-refractivity contribution in [3.8, 4) is 0 Å². The quantitative estimate of drug-likeness (QED) is 0.488. The number of hydrogen-bond donors (Lipinski definition) is 2. The summed E-state index contributed by atoms with van der Waals surface area (Å²) in [5.41, 5.74) is 0.0799. The number of piperidine rings is 1. The predicted molar refractivity (Wildman–Crippen MR) is 129 cm³/mol.